The molecule has 49 heavy (non-hydrogen) atoms. The number of rotatable bonds is 6. The highest BCUT2D eigenvalue weighted by atomic mass is 16.3. The Bertz CT molecular complexity index is 2560. The Morgan fingerprint density at radius 2 is 0.816 bits per heavy atom. The maximum Gasteiger partial charge on any atom is 0.166 e. The minimum Gasteiger partial charge on any atom is -0.454 e. The number of benzene rings is 6. The van der Waals surface area contributed by atoms with Crippen LogP contribution >= 0.6 is 0 Å². The second-order valence-electron chi connectivity index (χ2n) is 11.9. The van der Waals surface area contributed by atoms with Gasteiger partial charge < -0.3 is 4.42 Å². The van der Waals surface area contributed by atoms with Gasteiger partial charge in [-0.3, -0.25) is 4.98 Å². The van der Waals surface area contributed by atoms with Gasteiger partial charge in [-0.05, 0) is 27.8 Å². The third kappa shape index (κ3) is 5.33. The van der Waals surface area contributed by atoms with E-state index in [1.807, 2.05) is 60.8 Å². The zero-order valence-electron chi connectivity index (χ0n) is 26.4. The van der Waals surface area contributed by atoms with Crippen LogP contribution in [0.4, 0.5) is 0 Å². The minimum atomic E-state index is 0.536. The lowest BCUT2D eigenvalue weighted by molar-refractivity contribution is 0.668. The van der Waals surface area contributed by atoms with E-state index in [2.05, 4.69) is 108 Å². The lowest BCUT2D eigenvalue weighted by Gasteiger charge is -2.09. The molecule has 0 bridgehead atoms. The highest BCUT2D eigenvalue weighted by Crippen LogP contribution is 2.40. The van der Waals surface area contributed by atoms with Crippen LogP contribution in [0.15, 0.2) is 175 Å². The molecular weight excluding hydrogens is 601 g/mol. The van der Waals surface area contributed by atoms with Gasteiger partial charge in [-0.15, -0.1) is 0 Å². The van der Waals surface area contributed by atoms with E-state index < -0.39 is 0 Å². The molecule has 0 aliphatic carbocycles. The largest absolute Gasteiger partial charge is 0.454 e. The average molecular weight is 629 g/mol. The third-order valence-electron chi connectivity index (χ3n) is 8.87. The molecule has 9 rings (SSSR count). The molecule has 230 valence electrons. The van der Waals surface area contributed by atoms with Crippen molar-refractivity contribution in [2.24, 2.45) is 0 Å². The molecule has 0 unspecified atom stereocenters. The minimum absolute atomic E-state index is 0.536. The second-order valence-corrected chi connectivity index (χ2v) is 11.9. The standard InChI is InChI=1S/C44H28N4O/c1-4-11-29(12-5-1)31-19-23-33(24-20-31)36-17-10-18-37-40-38(27-45-28-39(40)49-41(36)37)44-47-42(34-15-8-3-9-16-34)46-43(48-44)35-25-21-32(22-26-35)30-13-6-2-7-14-30/h1-28H. The molecule has 0 aliphatic rings. The Kier molecular flexibility index (Phi) is 7.06. The topological polar surface area (TPSA) is 64.7 Å². The van der Waals surface area contributed by atoms with Crippen molar-refractivity contribution in [3.05, 3.63) is 170 Å². The van der Waals surface area contributed by atoms with Crippen molar-refractivity contribution in [1.82, 2.24) is 19.9 Å². The van der Waals surface area contributed by atoms with Crippen LogP contribution in [-0.2, 0) is 0 Å². The highest BCUT2D eigenvalue weighted by molar-refractivity contribution is 6.14. The van der Waals surface area contributed by atoms with Crippen molar-refractivity contribution >= 4 is 21.9 Å². The SMILES string of the molecule is c1ccc(-c2ccc(-c3nc(-c4ccccc4)nc(-c4cncc5oc6c(-c7ccc(-c8ccccc8)cc7)cccc6c45)n3)cc2)cc1. The monoisotopic (exact) mass is 628 g/mol. The van der Waals surface area contributed by atoms with Gasteiger partial charge in [0.2, 0.25) is 0 Å². The van der Waals surface area contributed by atoms with Gasteiger partial charge in [0.15, 0.2) is 23.1 Å². The molecule has 0 aliphatic heterocycles. The molecule has 0 radical (unpaired) electrons. The summed E-state index contributed by atoms with van der Waals surface area (Å²) in [5.74, 6) is 1.72. The molecule has 9 aromatic rings. The molecular formula is C44H28N4O. The maximum absolute atomic E-state index is 6.57. The molecule has 0 saturated carbocycles. The van der Waals surface area contributed by atoms with Gasteiger partial charge >= 0.3 is 0 Å². The lowest BCUT2D eigenvalue weighted by Crippen LogP contribution is -2.00. The van der Waals surface area contributed by atoms with Gasteiger partial charge in [0, 0.05) is 39.2 Å². The van der Waals surface area contributed by atoms with Crippen LogP contribution < -0.4 is 0 Å². The Hall–Kier alpha value is -6.72. The predicted molar refractivity (Wildman–Crippen MR) is 198 cm³/mol. The van der Waals surface area contributed by atoms with Crippen LogP contribution in [0, 0.1) is 0 Å². The van der Waals surface area contributed by atoms with E-state index in [9.17, 15) is 0 Å². The predicted octanol–water partition coefficient (Wildman–Crippen LogP) is 11.2. The van der Waals surface area contributed by atoms with Gasteiger partial charge in [-0.1, -0.05) is 158 Å². The molecule has 5 nitrogen and oxygen atoms in total. The lowest BCUT2D eigenvalue weighted by atomic mass is 9.98. The van der Waals surface area contributed by atoms with E-state index in [-0.39, 0.29) is 0 Å². The molecule has 0 N–H and O–H groups in total. The Morgan fingerprint density at radius 1 is 0.347 bits per heavy atom. The van der Waals surface area contributed by atoms with E-state index >= 15 is 0 Å². The summed E-state index contributed by atoms with van der Waals surface area (Å²) in [5.41, 5.74) is 10.8. The van der Waals surface area contributed by atoms with Crippen molar-refractivity contribution in [3.63, 3.8) is 0 Å². The van der Waals surface area contributed by atoms with Crippen LogP contribution in [0.5, 0.6) is 0 Å². The summed E-state index contributed by atoms with van der Waals surface area (Å²) in [5, 5.41) is 1.90. The number of fused-ring (bicyclic) bond motifs is 3. The van der Waals surface area contributed by atoms with Crippen LogP contribution in [0.1, 0.15) is 0 Å². The van der Waals surface area contributed by atoms with E-state index in [0.717, 1.165) is 55.3 Å². The quantitative estimate of drug-likeness (QED) is 0.183. The molecule has 0 amide bonds. The summed E-state index contributed by atoms with van der Waals surface area (Å²) < 4.78 is 6.57. The summed E-state index contributed by atoms with van der Waals surface area (Å²) in [6.45, 7) is 0. The Morgan fingerprint density at radius 3 is 1.41 bits per heavy atom. The van der Waals surface area contributed by atoms with Crippen molar-refractivity contribution in [2.75, 3.05) is 0 Å². The smallest absolute Gasteiger partial charge is 0.166 e. The van der Waals surface area contributed by atoms with Crippen LogP contribution in [0.3, 0.4) is 0 Å². The van der Waals surface area contributed by atoms with Crippen molar-refractivity contribution in [1.29, 1.82) is 0 Å². The van der Waals surface area contributed by atoms with E-state index in [1.54, 1.807) is 6.20 Å². The Labute approximate surface area is 283 Å². The highest BCUT2D eigenvalue weighted by Gasteiger charge is 2.20. The zero-order valence-corrected chi connectivity index (χ0v) is 26.4. The summed E-state index contributed by atoms with van der Waals surface area (Å²) in [4.78, 5) is 19.6. The first kappa shape index (κ1) is 28.5. The normalized spacial score (nSPS) is 11.3. The summed E-state index contributed by atoms with van der Waals surface area (Å²) in [6.07, 6.45) is 3.59. The van der Waals surface area contributed by atoms with Crippen LogP contribution in [0.2, 0.25) is 0 Å². The molecule has 0 fully saturated rings. The number of nitrogens with zero attached hydrogens (tertiary/aromatic N) is 4. The molecule has 5 heteroatoms. The Balaban J connectivity index is 1.18. The molecule has 0 spiro atoms. The van der Waals surface area contributed by atoms with Gasteiger partial charge in [0.1, 0.15) is 5.58 Å². The fraction of sp³-hybridized carbons (Fsp3) is 0. The first-order valence-corrected chi connectivity index (χ1v) is 16.2. The number of hydrogen-bond acceptors (Lipinski definition) is 5. The number of para-hydroxylation sites is 1. The third-order valence-corrected chi connectivity index (χ3v) is 8.87. The number of pyridine rings is 1. The molecule has 0 atom stereocenters. The van der Waals surface area contributed by atoms with Gasteiger partial charge in [0.05, 0.1) is 6.20 Å². The van der Waals surface area contributed by atoms with Gasteiger partial charge in [0.25, 0.3) is 0 Å². The van der Waals surface area contributed by atoms with Gasteiger partial charge in [-0.25, -0.2) is 15.0 Å². The fourth-order valence-electron chi connectivity index (χ4n) is 6.40. The van der Waals surface area contributed by atoms with Crippen molar-refractivity contribution < 1.29 is 4.42 Å². The first-order valence-electron chi connectivity index (χ1n) is 16.2. The molecule has 3 aromatic heterocycles. The molecule has 3 heterocycles. The summed E-state index contributed by atoms with van der Waals surface area (Å²) >= 11 is 0. The van der Waals surface area contributed by atoms with Crippen molar-refractivity contribution in [3.8, 4) is 67.5 Å². The maximum atomic E-state index is 6.57. The summed E-state index contributed by atoms with van der Waals surface area (Å²) in [7, 11) is 0. The second kappa shape index (κ2) is 12.1. The van der Waals surface area contributed by atoms with E-state index in [0.29, 0.717) is 23.1 Å². The molecule has 0 saturated heterocycles. The fourth-order valence-corrected chi connectivity index (χ4v) is 6.40. The number of aromatic nitrogens is 4. The molecule has 6 aromatic carbocycles. The van der Waals surface area contributed by atoms with Crippen LogP contribution in [-0.4, -0.2) is 19.9 Å². The van der Waals surface area contributed by atoms with E-state index in [1.165, 1.54) is 11.1 Å². The van der Waals surface area contributed by atoms with Gasteiger partial charge in [-0.2, -0.15) is 0 Å². The van der Waals surface area contributed by atoms with Crippen LogP contribution in [0.25, 0.3) is 89.5 Å². The first-order chi connectivity index (χ1) is 24.3. The average Bonchev–Trinajstić information content (AvgIpc) is 3.58. The number of furan rings is 1. The van der Waals surface area contributed by atoms with Crippen molar-refractivity contribution in [2.45, 2.75) is 0 Å². The van der Waals surface area contributed by atoms with E-state index in [4.69, 9.17) is 19.4 Å². The zero-order chi connectivity index (χ0) is 32.6. The summed E-state index contributed by atoms with van der Waals surface area (Å²) in [6, 6.07) is 54.0. The number of hydrogen-bond donors (Lipinski definition) is 0.